The van der Waals surface area contributed by atoms with Crippen LogP contribution in [0.15, 0.2) is 53.4 Å². The fourth-order valence-electron chi connectivity index (χ4n) is 3.00. The number of ether oxygens (including phenoxy) is 1. The summed E-state index contributed by atoms with van der Waals surface area (Å²) in [5.74, 6) is -0.184. The maximum absolute atomic E-state index is 12.9. The van der Waals surface area contributed by atoms with Crippen LogP contribution >= 0.6 is 11.8 Å². The zero-order chi connectivity index (χ0) is 20.8. The van der Waals surface area contributed by atoms with E-state index in [-0.39, 0.29) is 30.1 Å². The number of hydrogen-bond acceptors (Lipinski definition) is 5. The number of thioether (sulfide) groups is 1. The molecular weight excluding hydrogens is 391 g/mol. The lowest BCUT2D eigenvalue weighted by molar-refractivity contribution is -0.123. The topological polar surface area (TPSA) is 49.9 Å². The van der Waals surface area contributed by atoms with E-state index in [1.807, 2.05) is 24.3 Å². The van der Waals surface area contributed by atoms with Crippen molar-refractivity contribution in [3.05, 3.63) is 64.8 Å². The summed E-state index contributed by atoms with van der Waals surface area (Å²) in [6.07, 6.45) is 1.73. The zero-order valence-corrected chi connectivity index (χ0v) is 17.2. The van der Waals surface area contributed by atoms with Gasteiger partial charge >= 0.3 is 0 Å². The average molecular weight is 415 g/mol. The van der Waals surface area contributed by atoms with Crippen LogP contribution in [0.1, 0.15) is 19.4 Å². The lowest BCUT2D eigenvalue weighted by Gasteiger charge is -2.20. The van der Waals surface area contributed by atoms with Gasteiger partial charge in [-0.25, -0.2) is 4.39 Å². The highest BCUT2D eigenvalue weighted by atomic mass is 32.2. The molecule has 0 atom stereocenters. The van der Waals surface area contributed by atoms with Gasteiger partial charge in [0.2, 0.25) is 0 Å². The van der Waals surface area contributed by atoms with Crippen molar-refractivity contribution in [1.29, 1.82) is 0 Å². The number of amides is 2. The normalized spacial score (nSPS) is 15.3. The zero-order valence-electron chi connectivity index (χ0n) is 16.4. The van der Waals surface area contributed by atoms with E-state index in [0.29, 0.717) is 10.7 Å². The first-order chi connectivity index (χ1) is 14.0. The predicted octanol–water partition coefficient (Wildman–Crippen LogP) is 4.79. The van der Waals surface area contributed by atoms with Gasteiger partial charge < -0.3 is 9.64 Å². The van der Waals surface area contributed by atoms with Crippen LogP contribution in [0.4, 0.5) is 14.9 Å². The summed E-state index contributed by atoms with van der Waals surface area (Å²) >= 11 is 0.927. The Morgan fingerprint density at radius 1 is 1.03 bits per heavy atom. The number of nitrogens with zero attached hydrogens (tertiary/aromatic N) is 2. The molecule has 29 heavy (non-hydrogen) atoms. The van der Waals surface area contributed by atoms with Crippen LogP contribution < -0.4 is 9.64 Å². The third-order valence-electron chi connectivity index (χ3n) is 4.59. The number of carbonyl (C=O) groups excluding carboxylic acids is 2. The minimum absolute atomic E-state index is 0.139. The van der Waals surface area contributed by atoms with E-state index in [4.69, 9.17) is 4.74 Å². The number of imide groups is 1. The highest BCUT2D eigenvalue weighted by molar-refractivity contribution is 8.18. The van der Waals surface area contributed by atoms with E-state index in [0.717, 1.165) is 36.1 Å². The number of rotatable bonds is 8. The molecule has 1 heterocycles. The molecule has 1 saturated heterocycles. The minimum Gasteiger partial charge on any atom is -0.492 e. The van der Waals surface area contributed by atoms with Crippen molar-refractivity contribution in [1.82, 2.24) is 4.90 Å². The van der Waals surface area contributed by atoms with Crippen molar-refractivity contribution in [3.8, 4) is 5.75 Å². The number of carbonyl (C=O) groups is 2. The number of halogens is 1. The standard InChI is InChI=1S/C22H23FN2O3S/c1-3-24(4-2)18-9-5-16(6-10-18)15-20-21(26)25(22(27)29-20)13-14-28-19-11-7-17(23)8-12-19/h5-12,15H,3-4,13-14H2,1-2H3/b20-15-. The molecular formula is C22H23FN2O3S. The Kier molecular flexibility index (Phi) is 6.93. The third-order valence-corrected chi connectivity index (χ3v) is 5.50. The molecule has 7 heteroatoms. The molecule has 1 aliphatic rings. The maximum Gasteiger partial charge on any atom is 0.293 e. The average Bonchev–Trinajstić information content (AvgIpc) is 2.99. The van der Waals surface area contributed by atoms with Gasteiger partial charge in [-0.05, 0) is 73.6 Å². The lowest BCUT2D eigenvalue weighted by Crippen LogP contribution is -2.32. The molecule has 0 bridgehead atoms. The van der Waals surface area contributed by atoms with E-state index < -0.39 is 0 Å². The summed E-state index contributed by atoms with van der Waals surface area (Å²) < 4.78 is 18.4. The molecule has 5 nitrogen and oxygen atoms in total. The van der Waals surface area contributed by atoms with Crippen molar-refractivity contribution >= 4 is 34.7 Å². The first-order valence-corrected chi connectivity index (χ1v) is 10.3. The molecule has 0 saturated carbocycles. The fourth-order valence-corrected chi connectivity index (χ4v) is 3.86. The van der Waals surface area contributed by atoms with Crippen molar-refractivity contribution in [3.63, 3.8) is 0 Å². The Labute approximate surface area is 174 Å². The highest BCUT2D eigenvalue weighted by Gasteiger charge is 2.34. The number of hydrogen-bond donors (Lipinski definition) is 0. The van der Waals surface area contributed by atoms with Crippen LogP contribution in [-0.2, 0) is 4.79 Å². The Hall–Kier alpha value is -2.80. The summed E-state index contributed by atoms with van der Waals surface area (Å²) in [6, 6.07) is 13.5. The Morgan fingerprint density at radius 2 is 1.69 bits per heavy atom. The summed E-state index contributed by atoms with van der Waals surface area (Å²) in [5, 5.41) is -0.316. The van der Waals surface area contributed by atoms with Crippen molar-refractivity contribution < 1.29 is 18.7 Å². The maximum atomic E-state index is 12.9. The van der Waals surface area contributed by atoms with Gasteiger partial charge in [0.05, 0.1) is 11.4 Å². The SMILES string of the molecule is CCN(CC)c1ccc(/C=C2\SC(=O)N(CCOc3ccc(F)cc3)C2=O)cc1. The van der Waals surface area contributed by atoms with Gasteiger partial charge in [0.25, 0.3) is 11.1 Å². The molecule has 1 fully saturated rings. The van der Waals surface area contributed by atoms with Gasteiger partial charge in [-0.3, -0.25) is 14.5 Å². The van der Waals surface area contributed by atoms with E-state index in [9.17, 15) is 14.0 Å². The van der Waals surface area contributed by atoms with Gasteiger partial charge in [0, 0.05) is 18.8 Å². The monoisotopic (exact) mass is 414 g/mol. The van der Waals surface area contributed by atoms with Crippen molar-refractivity contribution in [2.45, 2.75) is 13.8 Å². The van der Waals surface area contributed by atoms with Gasteiger partial charge in [0.15, 0.2) is 0 Å². The Balaban J connectivity index is 1.61. The van der Waals surface area contributed by atoms with E-state index in [1.165, 1.54) is 29.2 Å². The molecule has 0 aromatic heterocycles. The van der Waals surface area contributed by atoms with Gasteiger partial charge in [-0.15, -0.1) is 0 Å². The lowest BCUT2D eigenvalue weighted by atomic mass is 10.1. The van der Waals surface area contributed by atoms with Crippen LogP contribution in [0.2, 0.25) is 0 Å². The molecule has 3 rings (SSSR count). The van der Waals surface area contributed by atoms with Crippen LogP contribution in [0.25, 0.3) is 6.08 Å². The Morgan fingerprint density at radius 3 is 2.31 bits per heavy atom. The highest BCUT2D eigenvalue weighted by Crippen LogP contribution is 2.32. The first kappa shape index (κ1) is 20.9. The van der Waals surface area contributed by atoms with Crippen molar-refractivity contribution in [2.24, 2.45) is 0 Å². The fraction of sp³-hybridized carbons (Fsp3) is 0.273. The molecule has 2 amide bonds. The second kappa shape index (κ2) is 9.60. The van der Waals surface area contributed by atoms with E-state index in [1.54, 1.807) is 6.08 Å². The third kappa shape index (κ3) is 5.17. The Bertz CT molecular complexity index is 893. The van der Waals surface area contributed by atoms with Crippen LogP contribution in [-0.4, -0.2) is 42.3 Å². The van der Waals surface area contributed by atoms with Crippen LogP contribution in [0.5, 0.6) is 5.75 Å². The molecule has 152 valence electrons. The van der Waals surface area contributed by atoms with Gasteiger partial charge in [-0.1, -0.05) is 12.1 Å². The van der Waals surface area contributed by atoms with Gasteiger partial charge in [0.1, 0.15) is 18.2 Å². The summed E-state index contributed by atoms with van der Waals surface area (Å²) in [7, 11) is 0. The van der Waals surface area contributed by atoms with Crippen molar-refractivity contribution in [2.75, 3.05) is 31.1 Å². The predicted molar refractivity (Wildman–Crippen MR) is 115 cm³/mol. The molecule has 0 radical (unpaired) electrons. The molecule has 0 N–H and O–H groups in total. The first-order valence-electron chi connectivity index (χ1n) is 9.50. The summed E-state index contributed by atoms with van der Waals surface area (Å²) in [4.78, 5) is 28.6. The van der Waals surface area contributed by atoms with Crippen LogP contribution in [0, 0.1) is 5.82 Å². The smallest absolute Gasteiger partial charge is 0.293 e. The molecule has 0 aliphatic carbocycles. The second-order valence-corrected chi connectivity index (χ2v) is 7.39. The molecule has 0 spiro atoms. The molecule has 1 aliphatic heterocycles. The summed E-state index contributed by atoms with van der Waals surface area (Å²) in [5.41, 5.74) is 1.99. The largest absolute Gasteiger partial charge is 0.492 e. The second-order valence-electron chi connectivity index (χ2n) is 6.40. The van der Waals surface area contributed by atoms with Crippen LogP contribution in [0.3, 0.4) is 0 Å². The molecule has 0 unspecified atom stereocenters. The molecule has 2 aromatic carbocycles. The van der Waals surface area contributed by atoms with E-state index in [2.05, 4.69) is 18.7 Å². The number of benzene rings is 2. The minimum atomic E-state index is -0.349. The van der Waals surface area contributed by atoms with E-state index >= 15 is 0 Å². The quantitative estimate of drug-likeness (QED) is 0.582. The van der Waals surface area contributed by atoms with Gasteiger partial charge in [-0.2, -0.15) is 0 Å². The molecule has 2 aromatic rings. The summed E-state index contributed by atoms with van der Waals surface area (Å²) in [6.45, 7) is 6.35. The number of anilines is 1.